The van der Waals surface area contributed by atoms with Crippen molar-refractivity contribution < 1.29 is 23.4 Å². The maximum atomic E-state index is 12.7. The zero-order valence-electron chi connectivity index (χ0n) is 13.8. The van der Waals surface area contributed by atoms with Crippen molar-refractivity contribution in [2.75, 3.05) is 13.5 Å². The summed E-state index contributed by atoms with van der Waals surface area (Å²) in [4.78, 5) is 29.2. The standard InChI is InChI=1S/C18H15FN2O5/c1-2-24-18(23)15-16(20-14-8-3-4-9-21(14)17(15)22)26-13-7-5-6-12(10-13)25-11-19/h3-10H,2,11H2,1H3. The first-order valence-corrected chi connectivity index (χ1v) is 7.79. The van der Waals surface area contributed by atoms with Crippen LogP contribution < -0.4 is 15.0 Å². The summed E-state index contributed by atoms with van der Waals surface area (Å²) >= 11 is 0. The van der Waals surface area contributed by atoms with Crippen molar-refractivity contribution in [1.29, 1.82) is 0 Å². The third-order valence-corrected chi connectivity index (χ3v) is 3.42. The smallest absolute Gasteiger partial charge is 0.349 e. The summed E-state index contributed by atoms with van der Waals surface area (Å²) in [6, 6.07) is 11.1. The molecule has 0 aliphatic rings. The molecule has 0 radical (unpaired) electrons. The third kappa shape index (κ3) is 3.49. The number of fused-ring (bicyclic) bond motifs is 1. The summed E-state index contributed by atoms with van der Waals surface area (Å²) < 4.78 is 28.9. The molecule has 0 saturated heterocycles. The number of aromatic nitrogens is 2. The molecule has 0 N–H and O–H groups in total. The minimum atomic E-state index is -0.993. The highest BCUT2D eigenvalue weighted by molar-refractivity contribution is 5.91. The average molecular weight is 358 g/mol. The van der Waals surface area contributed by atoms with Crippen molar-refractivity contribution in [2.45, 2.75) is 6.92 Å². The zero-order valence-corrected chi connectivity index (χ0v) is 13.8. The number of hydrogen-bond donors (Lipinski definition) is 0. The molecule has 0 aliphatic carbocycles. The molecule has 3 rings (SSSR count). The molecule has 0 unspecified atom stereocenters. The molecule has 2 heterocycles. The van der Waals surface area contributed by atoms with E-state index in [2.05, 4.69) is 4.98 Å². The molecule has 0 atom stereocenters. The molecule has 0 spiro atoms. The van der Waals surface area contributed by atoms with Crippen molar-refractivity contribution in [2.24, 2.45) is 0 Å². The average Bonchev–Trinajstić information content (AvgIpc) is 2.63. The van der Waals surface area contributed by atoms with Crippen LogP contribution in [-0.4, -0.2) is 28.8 Å². The van der Waals surface area contributed by atoms with Gasteiger partial charge in [-0.05, 0) is 31.2 Å². The minimum absolute atomic E-state index is 0.0923. The molecule has 0 amide bonds. The molecule has 0 bridgehead atoms. The van der Waals surface area contributed by atoms with Gasteiger partial charge in [0.2, 0.25) is 12.7 Å². The number of ether oxygens (including phenoxy) is 3. The van der Waals surface area contributed by atoms with Gasteiger partial charge in [0.15, 0.2) is 5.56 Å². The molecule has 2 aromatic heterocycles. The maximum absolute atomic E-state index is 12.7. The van der Waals surface area contributed by atoms with Gasteiger partial charge in [-0.15, -0.1) is 0 Å². The second-order valence-electron chi connectivity index (χ2n) is 5.08. The number of benzene rings is 1. The lowest BCUT2D eigenvalue weighted by atomic mass is 10.3. The van der Waals surface area contributed by atoms with Crippen LogP contribution in [0.2, 0.25) is 0 Å². The number of esters is 1. The van der Waals surface area contributed by atoms with Crippen molar-refractivity contribution >= 4 is 11.6 Å². The monoisotopic (exact) mass is 358 g/mol. The van der Waals surface area contributed by atoms with E-state index in [1.807, 2.05) is 0 Å². The second-order valence-corrected chi connectivity index (χ2v) is 5.08. The van der Waals surface area contributed by atoms with E-state index in [4.69, 9.17) is 14.2 Å². The second kappa shape index (κ2) is 7.64. The Kier molecular flexibility index (Phi) is 5.12. The van der Waals surface area contributed by atoms with Gasteiger partial charge in [-0.1, -0.05) is 12.1 Å². The number of pyridine rings is 1. The van der Waals surface area contributed by atoms with Crippen molar-refractivity contribution in [3.8, 4) is 17.4 Å². The number of rotatable bonds is 6. The summed E-state index contributed by atoms with van der Waals surface area (Å²) in [6.07, 6.45) is 1.49. The number of carbonyl (C=O) groups is 1. The van der Waals surface area contributed by atoms with Crippen LogP contribution in [0.1, 0.15) is 17.3 Å². The molecule has 0 saturated carbocycles. The van der Waals surface area contributed by atoms with Crippen LogP contribution >= 0.6 is 0 Å². The molecule has 8 heteroatoms. The van der Waals surface area contributed by atoms with E-state index in [1.54, 1.807) is 43.3 Å². The van der Waals surface area contributed by atoms with E-state index in [0.717, 1.165) is 0 Å². The Hall–Kier alpha value is -3.42. The van der Waals surface area contributed by atoms with Crippen LogP contribution in [0.5, 0.6) is 17.4 Å². The molecular formula is C18H15FN2O5. The molecule has 0 aliphatic heterocycles. The summed E-state index contributed by atoms with van der Waals surface area (Å²) in [5, 5.41) is 0. The van der Waals surface area contributed by atoms with E-state index in [9.17, 15) is 14.0 Å². The predicted octanol–water partition coefficient (Wildman–Crippen LogP) is 2.97. The Labute approximate surface area is 147 Å². The van der Waals surface area contributed by atoms with Crippen molar-refractivity contribution in [3.63, 3.8) is 0 Å². The predicted molar refractivity (Wildman–Crippen MR) is 90.5 cm³/mol. The number of carbonyl (C=O) groups excluding carboxylic acids is 1. The van der Waals surface area contributed by atoms with E-state index < -0.39 is 18.4 Å². The summed E-state index contributed by atoms with van der Waals surface area (Å²) in [5.41, 5.74) is -0.635. The minimum Gasteiger partial charge on any atom is -0.463 e. The quantitative estimate of drug-likeness (QED) is 0.631. The highest BCUT2D eigenvalue weighted by Gasteiger charge is 2.23. The molecular weight excluding hydrogens is 343 g/mol. The van der Waals surface area contributed by atoms with Crippen LogP contribution in [-0.2, 0) is 4.74 Å². The van der Waals surface area contributed by atoms with Crippen LogP contribution in [0, 0.1) is 0 Å². The first-order chi connectivity index (χ1) is 12.6. The molecule has 7 nitrogen and oxygen atoms in total. The Morgan fingerprint density at radius 3 is 2.77 bits per heavy atom. The Balaban J connectivity index is 2.11. The van der Waals surface area contributed by atoms with Gasteiger partial charge in [0.05, 0.1) is 6.61 Å². The number of halogens is 1. The molecule has 0 fully saturated rings. The lowest BCUT2D eigenvalue weighted by molar-refractivity contribution is 0.0520. The van der Waals surface area contributed by atoms with Gasteiger partial charge in [0.25, 0.3) is 5.56 Å². The van der Waals surface area contributed by atoms with Crippen LogP contribution in [0.4, 0.5) is 4.39 Å². The van der Waals surface area contributed by atoms with Gasteiger partial charge in [0, 0.05) is 12.3 Å². The molecule has 3 aromatic rings. The van der Waals surface area contributed by atoms with Crippen LogP contribution in [0.3, 0.4) is 0 Å². The van der Waals surface area contributed by atoms with Crippen LogP contribution in [0.15, 0.2) is 53.5 Å². The SMILES string of the molecule is CCOC(=O)c1c(Oc2cccc(OCF)c2)nc2ccccn2c1=O. The number of nitrogens with zero attached hydrogens (tertiary/aromatic N) is 2. The summed E-state index contributed by atoms with van der Waals surface area (Å²) in [5.74, 6) is -0.569. The Bertz CT molecular complexity index is 1000. The highest BCUT2D eigenvalue weighted by Crippen LogP contribution is 2.26. The van der Waals surface area contributed by atoms with Gasteiger partial charge in [0.1, 0.15) is 17.1 Å². The summed E-state index contributed by atoms with van der Waals surface area (Å²) in [6.45, 7) is 0.727. The normalized spacial score (nSPS) is 10.5. The van der Waals surface area contributed by atoms with Gasteiger partial charge >= 0.3 is 5.97 Å². The van der Waals surface area contributed by atoms with E-state index in [0.29, 0.717) is 5.65 Å². The topological polar surface area (TPSA) is 79.1 Å². The maximum Gasteiger partial charge on any atom is 0.349 e. The van der Waals surface area contributed by atoms with Crippen LogP contribution in [0.25, 0.3) is 5.65 Å². The van der Waals surface area contributed by atoms with Crippen molar-refractivity contribution in [1.82, 2.24) is 9.38 Å². The van der Waals surface area contributed by atoms with E-state index >= 15 is 0 Å². The van der Waals surface area contributed by atoms with Crippen molar-refractivity contribution in [3.05, 3.63) is 64.6 Å². The Morgan fingerprint density at radius 2 is 2.00 bits per heavy atom. The lowest BCUT2D eigenvalue weighted by Crippen LogP contribution is -2.25. The van der Waals surface area contributed by atoms with Gasteiger partial charge in [-0.25, -0.2) is 9.18 Å². The molecule has 1 aromatic carbocycles. The number of alkyl halides is 1. The van der Waals surface area contributed by atoms with E-state index in [1.165, 1.54) is 16.7 Å². The summed E-state index contributed by atoms with van der Waals surface area (Å²) in [7, 11) is 0. The van der Waals surface area contributed by atoms with E-state index in [-0.39, 0.29) is 29.5 Å². The van der Waals surface area contributed by atoms with Gasteiger partial charge in [-0.3, -0.25) is 9.20 Å². The molecule has 134 valence electrons. The number of hydrogen-bond acceptors (Lipinski definition) is 6. The highest BCUT2D eigenvalue weighted by atomic mass is 19.1. The first-order valence-electron chi connectivity index (χ1n) is 7.79. The largest absolute Gasteiger partial charge is 0.463 e. The first kappa shape index (κ1) is 17.4. The fraction of sp³-hybridized carbons (Fsp3) is 0.167. The van der Waals surface area contributed by atoms with Gasteiger partial charge < -0.3 is 14.2 Å². The lowest BCUT2D eigenvalue weighted by Gasteiger charge is -2.11. The third-order valence-electron chi connectivity index (χ3n) is 3.42. The Morgan fingerprint density at radius 1 is 1.19 bits per heavy atom. The molecule has 26 heavy (non-hydrogen) atoms. The fourth-order valence-electron chi connectivity index (χ4n) is 2.32. The fourth-order valence-corrected chi connectivity index (χ4v) is 2.32. The zero-order chi connectivity index (χ0) is 18.5. The van der Waals surface area contributed by atoms with Gasteiger partial charge in [-0.2, -0.15) is 4.98 Å².